The number of sulfonamides is 1. The number of nitrogens with one attached hydrogen (secondary N) is 1. The van der Waals surface area contributed by atoms with Crippen LogP contribution in [0.5, 0.6) is 11.5 Å². The van der Waals surface area contributed by atoms with Crippen molar-refractivity contribution in [1.29, 1.82) is 0 Å². The van der Waals surface area contributed by atoms with E-state index in [1.807, 2.05) is 13.8 Å². The molecule has 0 aliphatic carbocycles. The summed E-state index contributed by atoms with van der Waals surface area (Å²) in [6.45, 7) is 3.80. The van der Waals surface area contributed by atoms with Crippen molar-refractivity contribution in [3.8, 4) is 11.5 Å². The van der Waals surface area contributed by atoms with E-state index < -0.39 is 10.0 Å². The van der Waals surface area contributed by atoms with E-state index in [-0.39, 0.29) is 11.0 Å². The van der Waals surface area contributed by atoms with Crippen LogP contribution in [-0.2, 0) is 10.0 Å². The predicted octanol–water partition coefficient (Wildman–Crippen LogP) is 3.94. The Morgan fingerprint density at radius 2 is 1.74 bits per heavy atom. The highest BCUT2D eigenvalue weighted by Gasteiger charge is 2.15. The predicted molar refractivity (Wildman–Crippen MR) is 91.0 cm³/mol. The van der Waals surface area contributed by atoms with Gasteiger partial charge in [-0.25, -0.2) is 8.42 Å². The summed E-state index contributed by atoms with van der Waals surface area (Å²) in [5.74, 6) is 1.09. The van der Waals surface area contributed by atoms with E-state index in [0.29, 0.717) is 22.2 Å². The number of benzene rings is 2. The Labute approximate surface area is 141 Å². The summed E-state index contributed by atoms with van der Waals surface area (Å²) >= 11 is 6.00. The Balaban J connectivity index is 2.20. The quantitative estimate of drug-likeness (QED) is 0.852. The van der Waals surface area contributed by atoms with Crippen molar-refractivity contribution < 1.29 is 17.9 Å². The SMILES string of the molecule is COc1ccc(NS(=O)(=O)c2ccc(OC(C)C)cc2)cc1Cl. The molecule has 0 aliphatic rings. The van der Waals surface area contributed by atoms with Crippen LogP contribution in [0.15, 0.2) is 47.4 Å². The van der Waals surface area contributed by atoms with Crippen LogP contribution >= 0.6 is 11.6 Å². The zero-order valence-corrected chi connectivity index (χ0v) is 14.6. The van der Waals surface area contributed by atoms with Crippen LogP contribution in [0.4, 0.5) is 5.69 Å². The van der Waals surface area contributed by atoms with Crippen molar-refractivity contribution >= 4 is 27.3 Å². The molecule has 0 aromatic heterocycles. The fraction of sp³-hybridized carbons (Fsp3) is 0.250. The van der Waals surface area contributed by atoms with E-state index in [1.54, 1.807) is 24.3 Å². The first-order valence-corrected chi connectivity index (χ1v) is 8.81. The summed E-state index contributed by atoms with van der Waals surface area (Å²) in [7, 11) is -2.21. The lowest BCUT2D eigenvalue weighted by atomic mass is 10.3. The minimum Gasteiger partial charge on any atom is -0.495 e. The molecule has 0 radical (unpaired) electrons. The zero-order valence-electron chi connectivity index (χ0n) is 13.0. The first kappa shape index (κ1) is 17.4. The molecule has 124 valence electrons. The maximum Gasteiger partial charge on any atom is 0.261 e. The van der Waals surface area contributed by atoms with Crippen LogP contribution in [0.3, 0.4) is 0 Å². The van der Waals surface area contributed by atoms with Crippen LogP contribution < -0.4 is 14.2 Å². The highest BCUT2D eigenvalue weighted by molar-refractivity contribution is 7.92. The molecule has 1 N–H and O–H groups in total. The normalized spacial score (nSPS) is 11.3. The average molecular weight is 356 g/mol. The smallest absolute Gasteiger partial charge is 0.261 e. The van der Waals surface area contributed by atoms with Gasteiger partial charge in [0.05, 0.1) is 28.8 Å². The molecule has 2 rings (SSSR count). The van der Waals surface area contributed by atoms with Gasteiger partial charge in [0, 0.05) is 0 Å². The van der Waals surface area contributed by atoms with Gasteiger partial charge in [0.2, 0.25) is 0 Å². The highest BCUT2D eigenvalue weighted by Crippen LogP contribution is 2.28. The number of rotatable bonds is 6. The second kappa shape index (κ2) is 7.10. The highest BCUT2D eigenvalue weighted by atomic mass is 35.5. The molecule has 0 bridgehead atoms. The van der Waals surface area contributed by atoms with Gasteiger partial charge in [0.1, 0.15) is 11.5 Å². The van der Waals surface area contributed by atoms with E-state index in [2.05, 4.69) is 4.72 Å². The Hall–Kier alpha value is -1.92. The Morgan fingerprint density at radius 1 is 1.09 bits per heavy atom. The van der Waals surface area contributed by atoms with Gasteiger partial charge >= 0.3 is 0 Å². The van der Waals surface area contributed by atoms with E-state index in [9.17, 15) is 8.42 Å². The van der Waals surface area contributed by atoms with Gasteiger partial charge in [-0.15, -0.1) is 0 Å². The molecule has 0 saturated carbocycles. The Morgan fingerprint density at radius 3 is 2.26 bits per heavy atom. The zero-order chi connectivity index (χ0) is 17.0. The van der Waals surface area contributed by atoms with E-state index in [4.69, 9.17) is 21.1 Å². The molecule has 0 heterocycles. The molecule has 7 heteroatoms. The summed E-state index contributed by atoms with van der Waals surface area (Å²) in [6.07, 6.45) is 0.0250. The minimum absolute atomic E-state index is 0.0250. The van der Waals surface area contributed by atoms with Gasteiger partial charge in [-0.1, -0.05) is 11.6 Å². The summed E-state index contributed by atoms with van der Waals surface area (Å²) in [6, 6.07) is 10.9. The molecule has 0 unspecified atom stereocenters. The maximum atomic E-state index is 12.4. The van der Waals surface area contributed by atoms with Gasteiger partial charge in [-0.3, -0.25) is 4.72 Å². The molecule has 5 nitrogen and oxygen atoms in total. The molecular weight excluding hydrogens is 338 g/mol. The third-order valence-electron chi connectivity index (χ3n) is 2.91. The number of anilines is 1. The van der Waals surface area contributed by atoms with Gasteiger partial charge in [0.25, 0.3) is 10.0 Å². The third kappa shape index (κ3) is 4.53. The Bertz CT molecular complexity index is 773. The van der Waals surface area contributed by atoms with Crippen molar-refractivity contribution in [2.45, 2.75) is 24.8 Å². The summed E-state index contributed by atoms with van der Waals surface area (Å²) in [5, 5.41) is 0.327. The topological polar surface area (TPSA) is 64.6 Å². The van der Waals surface area contributed by atoms with Crippen LogP contribution in [0, 0.1) is 0 Å². The summed E-state index contributed by atoms with van der Waals surface area (Å²) in [5.41, 5.74) is 0.360. The van der Waals surface area contributed by atoms with Crippen LogP contribution in [-0.4, -0.2) is 21.6 Å². The molecule has 0 aliphatic heterocycles. The molecule has 0 saturated heterocycles. The van der Waals surface area contributed by atoms with Crippen molar-refractivity contribution in [2.24, 2.45) is 0 Å². The molecule has 2 aromatic carbocycles. The molecule has 0 amide bonds. The standard InChI is InChI=1S/C16H18ClNO4S/c1-11(2)22-13-5-7-14(8-6-13)23(19,20)18-12-4-9-16(21-3)15(17)10-12/h4-11,18H,1-3H3. The monoisotopic (exact) mass is 355 g/mol. The molecular formula is C16H18ClNO4S. The van der Waals surface area contributed by atoms with E-state index >= 15 is 0 Å². The number of hydrogen-bond acceptors (Lipinski definition) is 4. The molecule has 23 heavy (non-hydrogen) atoms. The lowest BCUT2D eigenvalue weighted by Gasteiger charge is -2.12. The van der Waals surface area contributed by atoms with Crippen LogP contribution in [0.25, 0.3) is 0 Å². The molecule has 0 fully saturated rings. The first-order valence-electron chi connectivity index (χ1n) is 6.95. The maximum absolute atomic E-state index is 12.4. The van der Waals surface area contributed by atoms with Crippen molar-refractivity contribution in [1.82, 2.24) is 0 Å². The number of methoxy groups -OCH3 is 1. The fourth-order valence-corrected chi connectivity index (χ4v) is 3.22. The molecule has 0 spiro atoms. The second-order valence-corrected chi connectivity index (χ2v) is 7.18. The first-order chi connectivity index (χ1) is 10.8. The number of halogens is 1. The van der Waals surface area contributed by atoms with Gasteiger partial charge < -0.3 is 9.47 Å². The number of hydrogen-bond donors (Lipinski definition) is 1. The van der Waals surface area contributed by atoms with Crippen LogP contribution in [0.1, 0.15) is 13.8 Å². The second-order valence-electron chi connectivity index (χ2n) is 5.09. The average Bonchev–Trinajstić information content (AvgIpc) is 2.47. The minimum atomic E-state index is -3.70. The van der Waals surface area contributed by atoms with Gasteiger partial charge in [-0.05, 0) is 56.3 Å². The summed E-state index contributed by atoms with van der Waals surface area (Å²) in [4.78, 5) is 0.139. The largest absolute Gasteiger partial charge is 0.495 e. The Kier molecular flexibility index (Phi) is 5.38. The van der Waals surface area contributed by atoms with Gasteiger partial charge in [0.15, 0.2) is 0 Å². The third-order valence-corrected chi connectivity index (χ3v) is 4.60. The molecule has 0 atom stereocenters. The molecule has 2 aromatic rings. The van der Waals surface area contributed by atoms with E-state index in [1.165, 1.54) is 25.3 Å². The number of ether oxygens (including phenoxy) is 2. The van der Waals surface area contributed by atoms with Crippen molar-refractivity contribution in [2.75, 3.05) is 11.8 Å². The van der Waals surface area contributed by atoms with Crippen molar-refractivity contribution in [3.63, 3.8) is 0 Å². The van der Waals surface area contributed by atoms with Crippen LogP contribution in [0.2, 0.25) is 5.02 Å². The van der Waals surface area contributed by atoms with E-state index in [0.717, 1.165) is 0 Å². The fourth-order valence-electron chi connectivity index (χ4n) is 1.91. The lowest BCUT2D eigenvalue weighted by molar-refractivity contribution is 0.242. The lowest BCUT2D eigenvalue weighted by Crippen LogP contribution is -2.13. The van der Waals surface area contributed by atoms with Crippen molar-refractivity contribution in [3.05, 3.63) is 47.5 Å². The van der Waals surface area contributed by atoms with Gasteiger partial charge in [-0.2, -0.15) is 0 Å². The summed E-state index contributed by atoms with van der Waals surface area (Å²) < 4.78 is 37.8.